The van der Waals surface area contributed by atoms with E-state index < -0.39 is 0 Å². The average Bonchev–Trinajstić information content (AvgIpc) is 2.74. The number of methoxy groups -OCH3 is 1. The number of nitrogens with one attached hydrogen (secondary N) is 1. The van der Waals surface area contributed by atoms with Gasteiger partial charge in [-0.3, -0.25) is 4.79 Å². The molecule has 0 spiro atoms. The molecular formula is C21H27ClN4O3. The number of amides is 1. The third-order valence-electron chi connectivity index (χ3n) is 5.08. The van der Waals surface area contributed by atoms with Crippen LogP contribution in [0.3, 0.4) is 0 Å². The molecule has 1 aromatic carbocycles. The van der Waals surface area contributed by atoms with Crippen LogP contribution in [0.25, 0.3) is 0 Å². The number of piperidine rings is 1. The summed E-state index contributed by atoms with van der Waals surface area (Å²) in [5.41, 5.74) is 0.967. The SMILES string of the molecule is CCOc1ccc(C(C)NC(=O)C2CCCN(c3ccc(Cl)nn3)C2)cc1OC. The van der Waals surface area contributed by atoms with Gasteiger partial charge in [0, 0.05) is 13.1 Å². The first kappa shape index (κ1) is 21.2. The molecule has 0 saturated carbocycles. The lowest BCUT2D eigenvalue weighted by Crippen LogP contribution is -2.44. The zero-order valence-electron chi connectivity index (χ0n) is 17.0. The Morgan fingerprint density at radius 1 is 1.31 bits per heavy atom. The molecule has 1 fully saturated rings. The van der Waals surface area contributed by atoms with Crippen molar-refractivity contribution in [1.29, 1.82) is 0 Å². The molecule has 2 atom stereocenters. The molecule has 1 aromatic heterocycles. The number of ether oxygens (including phenoxy) is 2. The molecule has 1 amide bonds. The van der Waals surface area contributed by atoms with Crippen LogP contribution in [-0.4, -0.2) is 42.9 Å². The van der Waals surface area contributed by atoms with Crippen LogP contribution in [0.15, 0.2) is 30.3 Å². The number of benzene rings is 1. The minimum absolute atomic E-state index is 0.0389. The number of rotatable bonds is 7. The van der Waals surface area contributed by atoms with Crippen molar-refractivity contribution >= 4 is 23.3 Å². The molecular weight excluding hydrogens is 392 g/mol. The predicted octanol–water partition coefficient (Wildman–Crippen LogP) is 3.63. The van der Waals surface area contributed by atoms with E-state index in [1.54, 1.807) is 13.2 Å². The Bertz CT molecular complexity index is 831. The molecule has 1 aliphatic heterocycles. The molecule has 29 heavy (non-hydrogen) atoms. The molecule has 1 aliphatic rings. The van der Waals surface area contributed by atoms with E-state index in [1.165, 1.54) is 0 Å². The minimum Gasteiger partial charge on any atom is -0.493 e. The Balaban J connectivity index is 1.63. The summed E-state index contributed by atoms with van der Waals surface area (Å²) in [4.78, 5) is 15.0. The molecule has 0 radical (unpaired) electrons. The predicted molar refractivity (Wildman–Crippen MR) is 113 cm³/mol. The molecule has 3 rings (SSSR count). The maximum absolute atomic E-state index is 12.9. The first-order valence-corrected chi connectivity index (χ1v) is 10.2. The zero-order valence-corrected chi connectivity index (χ0v) is 17.8. The Morgan fingerprint density at radius 3 is 2.83 bits per heavy atom. The molecule has 2 unspecified atom stereocenters. The summed E-state index contributed by atoms with van der Waals surface area (Å²) in [6, 6.07) is 9.15. The third-order valence-corrected chi connectivity index (χ3v) is 5.28. The maximum Gasteiger partial charge on any atom is 0.225 e. The van der Waals surface area contributed by atoms with Gasteiger partial charge in [-0.25, -0.2) is 0 Å². The van der Waals surface area contributed by atoms with Crippen molar-refractivity contribution in [3.05, 3.63) is 41.0 Å². The summed E-state index contributed by atoms with van der Waals surface area (Å²) in [5.74, 6) is 2.04. The van der Waals surface area contributed by atoms with Crippen molar-refractivity contribution in [3.63, 3.8) is 0 Å². The van der Waals surface area contributed by atoms with E-state index >= 15 is 0 Å². The highest BCUT2D eigenvalue weighted by Gasteiger charge is 2.27. The Labute approximate surface area is 176 Å². The fraction of sp³-hybridized carbons (Fsp3) is 0.476. The lowest BCUT2D eigenvalue weighted by atomic mass is 9.96. The average molecular weight is 419 g/mol. The fourth-order valence-electron chi connectivity index (χ4n) is 3.52. The highest BCUT2D eigenvalue weighted by molar-refractivity contribution is 6.29. The second-order valence-electron chi connectivity index (χ2n) is 7.07. The first-order chi connectivity index (χ1) is 14.0. The highest BCUT2D eigenvalue weighted by atomic mass is 35.5. The maximum atomic E-state index is 12.9. The van der Waals surface area contributed by atoms with Gasteiger partial charge in [-0.15, -0.1) is 10.2 Å². The lowest BCUT2D eigenvalue weighted by molar-refractivity contribution is -0.125. The number of hydrogen-bond donors (Lipinski definition) is 1. The number of carbonyl (C=O) groups is 1. The van der Waals surface area contributed by atoms with Gasteiger partial charge in [0.25, 0.3) is 0 Å². The molecule has 1 N–H and O–H groups in total. The quantitative estimate of drug-likeness (QED) is 0.739. The summed E-state index contributed by atoms with van der Waals surface area (Å²) in [5, 5.41) is 11.5. The van der Waals surface area contributed by atoms with Crippen LogP contribution in [0.4, 0.5) is 5.82 Å². The van der Waals surface area contributed by atoms with Crippen molar-refractivity contribution in [2.24, 2.45) is 5.92 Å². The Hall–Kier alpha value is -2.54. The number of anilines is 1. The summed E-state index contributed by atoms with van der Waals surface area (Å²) >= 11 is 5.82. The van der Waals surface area contributed by atoms with Crippen LogP contribution in [0.2, 0.25) is 5.15 Å². The lowest BCUT2D eigenvalue weighted by Gasteiger charge is -2.33. The summed E-state index contributed by atoms with van der Waals surface area (Å²) in [7, 11) is 1.61. The topological polar surface area (TPSA) is 76.6 Å². The van der Waals surface area contributed by atoms with Crippen molar-refractivity contribution in [1.82, 2.24) is 15.5 Å². The van der Waals surface area contributed by atoms with E-state index in [9.17, 15) is 4.79 Å². The van der Waals surface area contributed by atoms with Crippen LogP contribution in [0.1, 0.15) is 38.3 Å². The number of nitrogens with zero attached hydrogens (tertiary/aromatic N) is 3. The van der Waals surface area contributed by atoms with Gasteiger partial charge in [-0.1, -0.05) is 17.7 Å². The van der Waals surface area contributed by atoms with Crippen LogP contribution in [0, 0.1) is 5.92 Å². The van der Waals surface area contributed by atoms with Crippen LogP contribution >= 0.6 is 11.6 Å². The van der Waals surface area contributed by atoms with E-state index in [-0.39, 0.29) is 17.9 Å². The molecule has 2 aromatic rings. The standard InChI is InChI=1S/C21H27ClN4O3/c1-4-29-17-8-7-15(12-18(17)28-3)14(2)23-21(27)16-6-5-11-26(13-16)20-10-9-19(22)24-25-20/h7-10,12,14,16H,4-6,11,13H2,1-3H3,(H,23,27). The van der Waals surface area contributed by atoms with Gasteiger partial charge >= 0.3 is 0 Å². The minimum atomic E-state index is -0.141. The van der Waals surface area contributed by atoms with Gasteiger partial charge in [-0.05, 0) is 56.5 Å². The molecule has 8 heteroatoms. The highest BCUT2D eigenvalue weighted by Crippen LogP contribution is 2.30. The van der Waals surface area contributed by atoms with E-state index in [2.05, 4.69) is 20.4 Å². The van der Waals surface area contributed by atoms with Crippen LogP contribution < -0.4 is 19.7 Å². The second-order valence-corrected chi connectivity index (χ2v) is 7.46. The Kier molecular flexibility index (Phi) is 7.14. The monoisotopic (exact) mass is 418 g/mol. The molecule has 0 aliphatic carbocycles. The summed E-state index contributed by atoms with van der Waals surface area (Å²) in [6.45, 7) is 5.93. The van der Waals surface area contributed by atoms with E-state index in [0.717, 1.165) is 30.8 Å². The number of hydrogen-bond acceptors (Lipinski definition) is 6. The van der Waals surface area contributed by atoms with Crippen molar-refractivity contribution in [2.45, 2.75) is 32.7 Å². The van der Waals surface area contributed by atoms with E-state index in [1.807, 2.05) is 38.1 Å². The number of halogens is 1. The fourth-order valence-corrected chi connectivity index (χ4v) is 3.62. The van der Waals surface area contributed by atoms with E-state index in [0.29, 0.717) is 29.8 Å². The van der Waals surface area contributed by atoms with Crippen molar-refractivity contribution in [3.8, 4) is 11.5 Å². The largest absolute Gasteiger partial charge is 0.493 e. The molecule has 156 valence electrons. The first-order valence-electron chi connectivity index (χ1n) is 9.87. The van der Waals surface area contributed by atoms with E-state index in [4.69, 9.17) is 21.1 Å². The molecule has 0 bridgehead atoms. The van der Waals surface area contributed by atoms with Gasteiger partial charge in [0.05, 0.1) is 25.7 Å². The zero-order chi connectivity index (χ0) is 20.8. The summed E-state index contributed by atoms with van der Waals surface area (Å²) < 4.78 is 11.0. The third kappa shape index (κ3) is 5.29. The Morgan fingerprint density at radius 2 is 2.14 bits per heavy atom. The normalized spacial score (nSPS) is 17.5. The van der Waals surface area contributed by atoms with Crippen LogP contribution in [-0.2, 0) is 4.79 Å². The van der Waals surface area contributed by atoms with Gasteiger partial charge < -0.3 is 19.7 Å². The van der Waals surface area contributed by atoms with Gasteiger partial charge in [-0.2, -0.15) is 0 Å². The molecule has 1 saturated heterocycles. The second kappa shape index (κ2) is 9.78. The van der Waals surface area contributed by atoms with Crippen molar-refractivity contribution in [2.75, 3.05) is 31.7 Å². The smallest absolute Gasteiger partial charge is 0.225 e. The van der Waals surface area contributed by atoms with Crippen LogP contribution in [0.5, 0.6) is 11.5 Å². The molecule has 7 nitrogen and oxygen atoms in total. The van der Waals surface area contributed by atoms with Gasteiger partial charge in [0.15, 0.2) is 22.5 Å². The van der Waals surface area contributed by atoms with Crippen molar-refractivity contribution < 1.29 is 14.3 Å². The number of carbonyl (C=O) groups excluding carboxylic acids is 1. The molecule has 2 heterocycles. The summed E-state index contributed by atoms with van der Waals surface area (Å²) in [6.07, 6.45) is 1.77. The van der Waals surface area contributed by atoms with Gasteiger partial charge in [0.2, 0.25) is 5.91 Å². The number of aromatic nitrogens is 2. The van der Waals surface area contributed by atoms with Gasteiger partial charge in [0.1, 0.15) is 0 Å².